The maximum Gasteiger partial charge on any atom is 0.146 e. The highest BCUT2D eigenvalue weighted by atomic mass is 15.2. The first-order valence-electron chi connectivity index (χ1n) is 5.95. The number of aromatic nitrogens is 2. The summed E-state index contributed by atoms with van der Waals surface area (Å²) in [5.74, 6) is 7.03. The van der Waals surface area contributed by atoms with E-state index in [-0.39, 0.29) is 6.04 Å². The van der Waals surface area contributed by atoms with Gasteiger partial charge in [0.1, 0.15) is 5.82 Å². The lowest BCUT2D eigenvalue weighted by molar-refractivity contribution is 0.364. The SMILES string of the molecule is CCC(CC)CC(NN)c1ncc(C)cn1. The van der Waals surface area contributed by atoms with Crippen molar-refractivity contribution in [2.75, 3.05) is 0 Å². The van der Waals surface area contributed by atoms with E-state index in [4.69, 9.17) is 5.84 Å². The van der Waals surface area contributed by atoms with Gasteiger partial charge in [-0.25, -0.2) is 15.4 Å². The van der Waals surface area contributed by atoms with Gasteiger partial charge in [-0.15, -0.1) is 0 Å². The molecule has 0 spiro atoms. The highest BCUT2D eigenvalue weighted by molar-refractivity contribution is 5.04. The molecule has 0 fully saturated rings. The van der Waals surface area contributed by atoms with Crippen molar-refractivity contribution in [3.05, 3.63) is 23.8 Å². The molecular formula is C12H22N4. The molecule has 0 radical (unpaired) electrons. The zero-order valence-corrected chi connectivity index (χ0v) is 10.4. The predicted molar refractivity (Wildman–Crippen MR) is 65.5 cm³/mol. The van der Waals surface area contributed by atoms with E-state index in [1.807, 2.05) is 19.3 Å². The van der Waals surface area contributed by atoms with Crippen molar-refractivity contribution >= 4 is 0 Å². The Morgan fingerprint density at radius 3 is 2.25 bits per heavy atom. The van der Waals surface area contributed by atoms with Gasteiger partial charge in [0.25, 0.3) is 0 Å². The summed E-state index contributed by atoms with van der Waals surface area (Å²) in [4.78, 5) is 8.63. The molecule has 0 saturated carbocycles. The molecule has 4 heteroatoms. The summed E-state index contributed by atoms with van der Waals surface area (Å²) < 4.78 is 0. The summed E-state index contributed by atoms with van der Waals surface area (Å²) in [5.41, 5.74) is 3.88. The van der Waals surface area contributed by atoms with Crippen LogP contribution in [0.1, 0.15) is 50.5 Å². The van der Waals surface area contributed by atoms with E-state index in [9.17, 15) is 0 Å². The van der Waals surface area contributed by atoms with Crippen LogP contribution in [-0.2, 0) is 0 Å². The summed E-state index contributed by atoms with van der Waals surface area (Å²) in [6.45, 7) is 6.39. The van der Waals surface area contributed by atoms with Crippen molar-refractivity contribution < 1.29 is 0 Å². The lowest BCUT2D eigenvalue weighted by atomic mass is 9.94. The monoisotopic (exact) mass is 222 g/mol. The van der Waals surface area contributed by atoms with Gasteiger partial charge in [0.05, 0.1) is 6.04 Å². The van der Waals surface area contributed by atoms with Crippen LogP contribution in [0.3, 0.4) is 0 Å². The molecule has 16 heavy (non-hydrogen) atoms. The Balaban J connectivity index is 2.70. The number of nitrogens with one attached hydrogen (secondary N) is 1. The molecule has 0 aliphatic carbocycles. The summed E-state index contributed by atoms with van der Waals surface area (Å²) in [5, 5.41) is 0. The van der Waals surface area contributed by atoms with Crippen LogP contribution in [0.15, 0.2) is 12.4 Å². The lowest BCUT2D eigenvalue weighted by Gasteiger charge is -2.19. The zero-order chi connectivity index (χ0) is 12.0. The Hall–Kier alpha value is -1.00. The van der Waals surface area contributed by atoms with Crippen molar-refractivity contribution in [3.8, 4) is 0 Å². The molecule has 4 nitrogen and oxygen atoms in total. The molecule has 0 amide bonds. The second-order valence-electron chi connectivity index (χ2n) is 4.26. The number of nitrogens with two attached hydrogens (primary N) is 1. The number of hydrogen-bond acceptors (Lipinski definition) is 4. The largest absolute Gasteiger partial charge is 0.271 e. The van der Waals surface area contributed by atoms with E-state index in [1.165, 1.54) is 12.8 Å². The van der Waals surface area contributed by atoms with Crippen molar-refractivity contribution in [1.82, 2.24) is 15.4 Å². The van der Waals surface area contributed by atoms with Gasteiger partial charge < -0.3 is 0 Å². The van der Waals surface area contributed by atoms with E-state index in [1.54, 1.807) is 0 Å². The zero-order valence-electron chi connectivity index (χ0n) is 10.4. The first-order chi connectivity index (χ1) is 7.71. The smallest absolute Gasteiger partial charge is 0.146 e. The van der Waals surface area contributed by atoms with E-state index < -0.39 is 0 Å². The third kappa shape index (κ3) is 3.54. The van der Waals surface area contributed by atoms with Crippen molar-refractivity contribution in [1.29, 1.82) is 0 Å². The number of aryl methyl sites for hydroxylation is 1. The number of hydrogen-bond donors (Lipinski definition) is 2. The summed E-state index contributed by atoms with van der Waals surface area (Å²) in [7, 11) is 0. The first-order valence-corrected chi connectivity index (χ1v) is 5.95. The van der Waals surface area contributed by atoms with Crippen LogP contribution in [0.5, 0.6) is 0 Å². The van der Waals surface area contributed by atoms with Crippen LogP contribution >= 0.6 is 0 Å². The van der Waals surface area contributed by atoms with Gasteiger partial charge >= 0.3 is 0 Å². The third-order valence-electron chi connectivity index (χ3n) is 3.04. The fraction of sp³-hybridized carbons (Fsp3) is 0.667. The Morgan fingerprint density at radius 1 is 1.25 bits per heavy atom. The standard InChI is InChI=1S/C12H22N4/c1-4-10(5-2)6-11(16-13)12-14-7-9(3)8-15-12/h7-8,10-11,16H,4-6,13H2,1-3H3. The van der Waals surface area contributed by atoms with E-state index in [0.29, 0.717) is 5.92 Å². The highest BCUT2D eigenvalue weighted by Crippen LogP contribution is 2.22. The van der Waals surface area contributed by atoms with Crippen LogP contribution in [-0.4, -0.2) is 9.97 Å². The minimum Gasteiger partial charge on any atom is -0.271 e. The summed E-state index contributed by atoms with van der Waals surface area (Å²) in [6, 6.07) is 0.0606. The quantitative estimate of drug-likeness (QED) is 0.571. The van der Waals surface area contributed by atoms with Gasteiger partial charge in [-0.2, -0.15) is 0 Å². The molecular weight excluding hydrogens is 200 g/mol. The molecule has 1 atom stereocenters. The Kier molecular flexibility index (Phi) is 5.35. The highest BCUT2D eigenvalue weighted by Gasteiger charge is 2.16. The molecule has 1 unspecified atom stereocenters. The maximum absolute atomic E-state index is 5.57. The topological polar surface area (TPSA) is 63.8 Å². The van der Waals surface area contributed by atoms with E-state index in [2.05, 4.69) is 29.2 Å². The van der Waals surface area contributed by atoms with Crippen LogP contribution in [0, 0.1) is 12.8 Å². The van der Waals surface area contributed by atoms with Crippen molar-refractivity contribution in [3.63, 3.8) is 0 Å². The Morgan fingerprint density at radius 2 is 1.81 bits per heavy atom. The van der Waals surface area contributed by atoms with Crippen LogP contribution in [0.2, 0.25) is 0 Å². The fourth-order valence-corrected chi connectivity index (χ4v) is 1.79. The van der Waals surface area contributed by atoms with E-state index >= 15 is 0 Å². The Labute approximate surface area is 97.7 Å². The second kappa shape index (κ2) is 6.55. The van der Waals surface area contributed by atoms with Gasteiger partial charge in [0.15, 0.2) is 0 Å². The normalized spacial score (nSPS) is 13.1. The molecule has 1 rings (SSSR count). The average molecular weight is 222 g/mol. The van der Waals surface area contributed by atoms with Gasteiger partial charge in [-0.1, -0.05) is 26.7 Å². The van der Waals surface area contributed by atoms with E-state index in [0.717, 1.165) is 17.8 Å². The first kappa shape index (κ1) is 13.1. The molecule has 0 saturated heterocycles. The Bertz CT molecular complexity index is 292. The molecule has 0 aliphatic rings. The van der Waals surface area contributed by atoms with Gasteiger partial charge in [-0.05, 0) is 24.8 Å². The molecule has 0 bridgehead atoms. The molecule has 0 aromatic carbocycles. The molecule has 0 aliphatic heterocycles. The van der Waals surface area contributed by atoms with Gasteiger partial charge in [-0.3, -0.25) is 5.84 Å². The predicted octanol–water partition coefficient (Wildman–Crippen LogP) is 2.12. The van der Waals surface area contributed by atoms with Crippen LogP contribution in [0.25, 0.3) is 0 Å². The minimum atomic E-state index is 0.0606. The lowest BCUT2D eigenvalue weighted by Crippen LogP contribution is -2.31. The molecule has 1 aromatic heterocycles. The molecule has 90 valence electrons. The number of rotatable bonds is 6. The second-order valence-corrected chi connectivity index (χ2v) is 4.26. The van der Waals surface area contributed by atoms with Crippen molar-refractivity contribution in [2.24, 2.45) is 11.8 Å². The van der Waals surface area contributed by atoms with Gasteiger partial charge in [0, 0.05) is 12.4 Å². The number of hydrazine groups is 1. The number of nitrogens with zero attached hydrogens (tertiary/aromatic N) is 2. The van der Waals surface area contributed by atoms with Crippen LogP contribution in [0.4, 0.5) is 0 Å². The molecule has 1 aromatic rings. The summed E-state index contributed by atoms with van der Waals surface area (Å²) in [6.07, 6.45) is 6.99. The molecule has 3 N–H and O–H groups in total. The minimum absolute atomic E-state index is 0.0606. The fourth-order valence-electron chi connectivity index (χ4n) is 1.79. The molecule has 1 heterocycles. The van der Waals surface area contributed by atoms with Gasteiger partial charge in [0.2, 0.25) is 0 Å². The van der Waals surface area contributed by atoms with Crippen LogP contribution < -0.4 is 11.3 Å². The maximum atomic E-state index is 5.57. The third-order valence-corrected chi connectivity index (χ3v) is 3.04. The summed E-state index contributed by atoms with van der Waals surface area (Å²) >= 11 is 0. The average Bonchev–Trinajstić information content (AvgIpc) is 2.32. The van der Waals surface area contributed by atoms with Crippen molar-refractivity contribution in [2.45, 2.75) is 46.1 Å².